The highest BCUT2D eigenvalue weighted by atomic mass is 16.5. The quantitative estimate of drug-likeness (QED) is 0.730. The number of nitrogens with zero attached hydrogens (tertiary/aromatic N) is 3. The normalized spacial score (nSPS) is 13.4. The molecule has 7 nitrogen and oxygen atoms in total. The molecule has 0 fully saturated rings. The van der Waals surface area contributed by atoms with Crippen molar-refractivity contribution in [1.82, 2.24) is 19.9 Å². The van der Waals surface area contributed by atoms with Gasteiger partial charge in [0, 0.05) is 11.8 Å². The number of nitrogens with two attached hydrogens (primary N) is 1. The lowest BCUT2D eigenvalue weighted by Crippen LogP contribution is -2.18. The van der Waals surface area contributed by atoms with Crippen molar-refractivity contribution in [3.8, 4) is 11.4 Å². The zero-order valence-corrected chi connectivity index (χ0v) is 16.0. The van der Waals surface area contributed by atoms with Gasteiger partial charge in [-0.3, -0.25) is 9.36 Å². The number of rotatable bonds is 2. The first-order chi connectivity index (χ1) is 12.8. The van der Waals surface area contributed by atoms with Gasteiger partial charge >= 0.3 is 0 Å². The van der Waals surface area contributed by atoms with Crippen molar-refractivity contribution in [2.45, 2.75) is 27.7 Å². The molecule has 3 aromatic rings. The number of hydrogen-bond donors (Lipinski definition) is 2. The number of carbonyl (C=O) groups is 1. The van der Waals surface area contributed by atoms with Crippen molar-refractivity contribution >= 4 is 28.3 Å². The molecule has 3 heterocycles. The maximum atomic E-state index is 12.8. The van der Waals surface area contributed by atoms with Crippen LogP contribution in [0.1, 0.15) is 39.9 Å². The van der Waals surface area contributed by atoms with Gasteiger partial charge in [0.2, 0.25) is 0 Å². The smallest absolute Gasteiger partial charge is 0.259 e. The minimum Gasteiger partial charge on any atom is -0.496 e. The first-order valence-corrected chi connectivity index (χ1v) is 8.66. The van der Waals surface area contributed by atoms with Gasteiger partial charge in [-0.25, -0.2) is 9.97 Å². The Balaban J connectivity index is 2.22. The molecule has 1 aliphatic heterocycles. The predicted molar refractivity (Wildman–Crippen MR) is 105 cm³/mol. The van der Waals surface area contributed by atoms with Crippen LogP contribution in [0.5, 0.6) is 5.75 Å². The number of hydrogen-bond acceptors (Lipinski definition) is 5. The number of methoxy groups -OCH3 is 1. The zero-order valence-electron chi connectivity index (χ0n) is 16.0. The minimum absolute atomic E-state index is 0.264. The maximum Gasteiger partial charge on any atom is 0.259 e. The molecule has 1 amide bonds. The van der Waals surface area contributed by atoms with E-state index in [-0.39, 0.29) is 5.91 Å². The first kappa shape index (κ1) is 17.1. The van der Waals surface area contributed by atoms with E-state index in [9.17, 15) is 4.79 Å². The average molecular weight is 363 g/mol. The van der Waals surface area contributed by atoms with Gasteiger partial charge in [0.25, 0.3) is 5.91 Å². The molecule has 0 radical (unpaired) electrons. The Bertz CT molecular complexity index is 1160. The number of benzene rings is 1. The lowest BCUT2D eigenvalue weighted by atomic mass is 10.1. The molecule has 0 unspecified atom stereocenters. The molecule has 27 heavy (non-hydrogen) atoms. The van der Waals surface area contributed by atoms with Gasteiger partial charge in [0.05, 0.1) is 29.4 Å². The molecule has 0 bridgehead atoms. The van der Waals surface area contributed by atoms with E-state index in [1.165, 1.54) is 0 Å². The number of aromatic nitrogens is 3. The zero-order chi connectivity index (χ0) is 19.5. The second-order valence-electron chi connectivity index (χ2n) is 6.77. The van der Waals surface area contributed by atoms with Crippen molar-refractivity contribution in [3.05, 3.63) is 46.5 Å². The maximum absolute atomic E-state index is 12.8. The fourth-order valence-corrected chi connectivity index (χ4v) is 3.74. The average Bonchev–Trinajstić information content (AvgIpc) is 2.84. The Morgan fingerprint density at radius 1 is 1.15 bits per heavy atom. The lowest BCUT2D eigenvalue weighted by Gasteiger charge is -2.17. The van der Waals surface area contributed by atoms with Crippen molar-refractivity contribution in [2.75, 3.05) is 12.8 Å². The van der Waals surface area contributed by atoms with Crippen LogP contribution in [0.3, 0.4) is 0 Å². The summed E-state index contributed by atoms with van der Waals surface area (Å²) in [6.07, 6.45) is 1.66. The Kier molecular flexibility index (Phi) is 3.69. The predicted octanol–water partition coefficient (Wildman–Crippen LogP) is 3.04. The highest BCUT2D eigenvalue weighted by molar-refractivity contribution is 6.15. The Morgan fingerprint density at radius 2 is 1.89 bits per heavy atom. The molecule has 0 saturated carbocycles. The summed E-state index contributed by atoms with van der Waals surface area (Å²) >= 11 is 0. The molecule has 0 saturated heterocycles. The monoisotopic (exact) mass is 363 g/mol. The number of allylic oxidation sites excluding steroid dienone is 1. The summed E-state index contributed by atoms with van der Waals surface area (Å²) in [5.74, 6) is 1.44. The van der Waals surface area contributed by atoms with E-state index in [0.29, 0.717) is 28.2 Å². The minimum atomic E-state index is -0.264. The molecule has 0 spiro atoms. The summed E-state index contributed by atoms with van der Waals surface area (Å²) in [6.45, 7) is 7.71. The summed E-state index contributed by atoms with van der Waals surface area (Å²) in [5, 5.41) is 3.46. The number of anilines is 1. The standard InChI is InChI=1S/C20H21N5O2/c1-9-6-7-13(27-5)11(3)17(9)25-18(21)15-14-16(10(2)8-22-20(15)26)23-12(4)24-19(14)25/h6-8H,21H2,1-5H3,(H,22,26). The van der Waals surface area contributed by atoms with E-state index in [2.05, 4.69) is 15.3 Å². The molecule has 2 aromatic heterocycles. The first-order valence-electron chi connectivity index (χ1n) is 8.66. The Hall–Kier alpha value is -3.35. The molecule has 0 atom stereocenters. The molecule has 138 valence electrons. The summed E-state index contributed by atoms with van der Waals surface area (Å²) in [7, 11) is 1.63. The van der Waals surface area contributed by atoms with Crippen LogP contribution in [0.15, 0.2) is 18.3 Å². The fraction of sp³-hybridized carbons (Fsp3) is 0.250. The number of nitrogens with one attached hydrogen (secondary N) is 1. The van der Waals surface area contributed by atoms with Gasteiger partial charge in [-0.05, 0) is 44.9 Å². The highest BCUT2D eigenvalue weighted by Gasteiger charge is 2.29. The largest absolute Gasteiger partial charge is 0.496 e. The number of amides is 1. The van der Waals surface area contributed by atoms with Crippen LogP contribution in [0.4, 0.5) is 5.82 Å². The number of nitrogen functional groups attached to an aromatic ring is 1. The Morgan fingerprint density at radius 3 is 2.59 bits per heavy atom. The van der Waals surface area contributed by atoms with E-state index >= 15 is 0 Å². The van der Waals surface area contributed by atoms with Crippen molar-refractivity contribution in [2.24, 2.45) is 0 Å². The van der Waals surface area contributed by atoms with Gasteiger partial charge in [0.15, 0.2) is 5.65 Å². The van der Waals surface area contributed by atoms with Crippen LogP contribution in [0, 0.1) is 20.8 Å². The van der Waals surface area contributed by atoms with Crippen LogP contribution in [0.2, 0.25) is 0 Å². The summed E-state index contributed by atoms with van der Waals surface area (Å²) in [4.78, 5) is 22.0. The molecule has 7 heteroatoms. The second-order valence-corrected chi connectivity index (χ2v) is 6.77. The number of aryl methyl sites for hydroxylation is 2. The van der Waals surface area contributed by atoms with E-state index < -0.39 is 0 Å². The van der Waals surface area contributed by atoms with Crippen LogP contribution >= 0.6 is 0 Å². The van der Waals surface area contributed by atoms with Gasteiger partial charge in [-0.15, -0.1) is 0 Å². The van der Waals surface area contributed by atoms with Crippen molar-refractivity contribution in [1.29, 1.82) is 0 Å². The van der Waals surface area contributed by atoms with Gasteiger partial charge in [-0.1, -0.05) is 6.07 Å². The molecule has 1 aliphatic rings. The molecule has 1 aromatic carbocycles. The van der Waals surface area contributed by atoms with Crippen molar-refractivity contribution < 1.29 is 9.53 Å². The van der Waals surface area contributed by atoms with E-state index in [1.807, 2.05) is 44.4 Å². The number of carbonyl (C=O) groups excluding carboxylic acids is 1. The van der Waals surface area contributed by atoms with Crippen LogP contribution in [0.25, 0.3) is 22.3 Å². The summed E-state index contributed by atoms with van der Waals surface area (Å²) in [5.41, 5.74) is 11.9. The molecule has 3 N–H and O–H groups in total. The third-order valence-electron chi connectivity index (χ3n) is 5.01. The molecule has 4 rings (SSSR count). The summed E-state index contributed by atoms with van der Waals surface area (Å²) < 4.78 is 7.33. The molecular weight excluding hydrogens is 342 g/mol. The van der Waals surface area contributed by atoms with E-state index in [0.717, 1.165) is 33.8 Å². The highest BCUT2D eigenvalue weighted by Crippen LogP contribution is 2.38. The lowest BCUT2D eigenvalue weighted by molar-refractivity contribution is 0.0973. The fourth-order valence-electron chi connectivity index (χ4n) is 3.74. The van der Waals surface area contributed by atoms with Gasteiger partial charge < -0.3 is 15.8 Å². The van der Waals surface area contributed by atoms with E-state index in [4.69, 9.17) is 10.5 Å². The van der Waals surface area contributed by atoms with Gasteiger partial charge in [-0.2, -0.15) is 0 Å². The molecular formula is C20H21N5O2. The van der Waals surface area contributed by atoms with Crippen molar-refractivity contribution in [3.63, 3.8) is 0 Å². The topological polar surface area (TPSA) is 95.1 Å². The SMILES string of the molecule is COc1ccc(C)c(-n2c(N)c3c4c(nc(C)nc42)C(C)=CNC3=O)c1C. The van der Waals surface area contributed by atoms with Crippen LogP contribution in [-0.2, 0) is 0 Å². The van der Waals surface area contributed by atoms with Crippen LogP contribution < -0.4 is 15.8 Å². The molecule has 0 aliphatic carbocycles. The van der Waals surface area contributed by atoms with Gasteiger partial charge in [0.1, 0.15) is 17.4 Å². The number of ether oxygens (including phenoxy) is 1. The third kappa shape index (κ3) is 2.31. The van der Waals surface area contributed by atoms with E-state index in [1.54, 1.807) is 13.3 Å². The summed E-state index contributed by atoms with van der Waals surface area (Å²) in [6, 6.07) is 3.89. The van der Waals surface area contributed by atoms with Crippen LogP contribution in [-0.4, -0.2) is 27.6 Å². The Labute approximate surface area is 156 Å². The third-order valence-corrected chi connectivity index (χ3v) is 5.01. The second kappa shape index (κ2) is 5.84.